The molecule has 2 aromatic carbocycles. The second-order valence-electron chi connectivity index (χ2n) is 7.66. The molecule has 2 rings (SSSR count). The number of amides is 1. The molecule has 3 heteroatoms. The van der Waals surface area contributed by atoms with Gasteiger partial charge in [-0.1, -0.05) is 63.2 Å². The van der Waals surface area contributed by atoms with Crippen LogP contribution in [0.4, 0.5) is 0 Å². The molecule has 0 aliphatic rings. The lowest BCUT2D eigenvalue weighted by Gasteiger charge is -2.27. The van der Waals surface area contributed by atoms with E-state index in [9.17, 15) is 4.79 Å². The van der Waals surface area contributed by atoms with E-state index in [4.69, 9.17) is 4.74 Å². The van der Waals surface area contributed by atoms with Gasteiger partial charge in [-0.15, -0.1) is 0 Å². The molecule has 0 saturated carbocycles. The van der Waals surface area contributed by atoms with Gasteiger partial charge in [-0.25, -0.2) is 0 Å². The summed E-state index contributed by atoms with van der Waals surface area (Å²) < 4.78 is 5.71. The van der Waals surface area contributed by atoms with Gasteiger partial charge in [0.2, 0.25) is 0 Å². The SMILES string of the molecule is CC(C)N(Cc1ccccc1)C(=O)COc1ccc(C(C)(C)C)cc1. The van der Waals surface area contributed by atoms with Crippen LogP contribution in [-0.2, 0) is 16.8 Å². The summed E-state index contributed by atoms with van der Waals surface area (Å²) in [6.45, 7) is 11.2. The highest BCUT2D eigenvalue weighted by Crippen LogP contribution is 2.24. The van der Waals surface area contributed by atoms with E-state index in [0.29, 0.717) is 6.54 Å². The third-order valence-electron chi connectivity index (χ3n) is 4.22. The first-order valence-corrected chi connectivity index (χ1v) is 8.84. The first-order chi connectivity index (χ1) is 11.8. The molecule has 0 heterocycles. The molecule has 0 atom stereocenters. The number of rotatable bonds is 6. The highest BCUT2D eigenvalue weighted by molar-refractivity contribution is 5.78. The molecule has 0 fully saturated rings. The lowest BCUT2D eigenvalue weighted by Crippen LogP contribution is -2.39. The zero-order valence-electron chi connectivity index (χ0n) is 16.0. The standard InChI is InChI=1S/C22H29NO2/c1-17(2)23(15-18-9-7-6-8-10-18)21(24)16-25-20-13-11-19(12-14-20)22(3,4)5/h6-14,17H,15-16H2,1-5H3. The van der Waals surface area contributed by atoms with Gasteiger partial charge in [-0.3, -0.25) is 4.79 Å². The van der Waals surface area contributed by atoms with E-state index in [1.54, 1.807) is 0 Å². The Labute approximate surface area is 151 Å². The van der Waals surface area contributed by atoms with Crippen molar-refractivity contribution in [2.45, 2.75) is 52.6 Å². The van der Waals surface area contributed by atoms with Gasteiger partial charge in [-0.2, -0.15) is 0 Å². The molecular formula is C22H29NO2. The lowest BCUT2D eigenvalue weighted by molar-refractivity contribution is -0.135. The molecule has 0 radical (unpaired) electrons. The van der Waals surface area contributed by atoms with E-state index in [1.165, 1.54) is 5.56 Å². The molecule has 0 aliphatic carbocycles. The van der Waals surface area contributed by atoms with Crippen LogP contribution in [0, 0.1) is 0 Å². The Balaban J connectivity index is 1.97. The number of carbonyl (C=O) groups is 1. The highest BCUT2D eigenvalue weighted by Gasteiger charge is 2.18. The molecular weight excluding hydrogens is 310 g/mol. The number of nitrogens with zero attached hydrogens (tertiary/aromatic N) is 1. The zero-order valence-corrected chi connectivity index (χ0v) is 16.0. The van der Waals surface area contributed by atoms with E-state index in [1.807, 2.05) is 61.2 Å². The first kappa shape index (κ1) is 19.0. The van der Waals surface area contributed by atoms with E-state index in [2.05, 4.69) is 32.9 Å². The quantitative estimate of drug-likeness (QED) is 0.756. The van der Waals surface area contributed by atoms with Crippen LogP contribution in [0.3, 0.4) is 0 Å². The van der Waals surface area contributed by atoms with Crippen molar-refractivity contribution in [1.82, 2.24) is 4.90 Å². The Morgan fingerprint density at radius 1 is 1.00 bits per heavy atom. The molecule has 1 amide bonds. The lowest BCUT2D eigenvalue weighted by atomic mass is 9.87. The number of ether oxygens (including phenoxy) is 1. The summed E-state index contributed by atoms with van der Waals surface area (Å²) in [5, 5.41) is 0. The molecule has 0 aliphatic heterocycles. The maximum atomic E-state index is 12.6. The zero-order chi connectivity index (χ0) is 18.4. The number of hydrogen-bond donors (Lipinski definition) is 0. The fourth-order valence-corrected chi connectivity index (χ4v) is 2.62. The molecule has 134 valence electrons. The smallest absolute Gasteiger partial charge is 0.261 e. The van der Waals surface area contributed by atoms with Crippen molar-refractivity contribution in [3.8, 4) is 5.75 Å². The summed E-state index contributed by atoms with van der Waals surface area (Å²) >= 11 is 0. The monoisotopic (exact) mass is 339 g/mol. The second-order valence-corrected chi connectivity index (χ2v) is 7.66. The van der Waals surface area contributed by atoms with E-state index < -0.39 is 0 Å². The van der Waals surface area contributed by atoms with Gasteiger partial charge >= 0.3 is 0 Å². The minimum absolute atomic E-state index is 0.00116. The molecule has 0 bridgehead atoms. The third kappa shape index (κ3) is 5.63. The molecule has 0 aromatic heterocycles. The molecule has 0 saturated heterocycles. The molecule has 25 heavy (non-hydrogen) atoms. The van der Waals surface area contributed by atoms with Crippen molar-refractivity contribution >= 4 is 5.91 Å². The summed E-state index contributed by atoms with van der Waals surface area (Å²) in [6, 6.07) is 18.2. The average Bonchev–Trinajstić information content (AvgIpc) is 2.58. The first-order valence-electron chi connectivity index (χ1n) is 8.84. The normalized spacial score (nSPS) is 11.4. The van der Waals surface area contributed by atoms with Crippen molar-refractivity contribution < 1.29 is 9.53 Å². The molecule has 0 spiro atoms. The Hall–Kier alpha value is -2.29. The fourth-order valence-electron chi connectivity index (χ4n) is 2.62. The van der Waals surface area contributed by atoms with Gasteiger partial charge in [-0.05, 0) is 42.5 Å². The molecule has 0 unspecified atom stereocenters. The minimum atomic E-state index is -0.00116. The van der Waals surface area contributed by atoms with E-state index in [0.717, 1.165) is 11.3 Å². The largest absolute Gasteiger partial charge is 0.484 e. The van der Waals surface area contributed by atoms with Crippen LogP contribution in [0.15, 0.2) is 54.6 Å². The Morgan fingerprint density at radius 3 is 2.12 bits per heavy atom. The fraction of sp³-hybridized carbons (Fsp3) is 0.409. The third-order valence-corrected chi connectivity index (χ3v) is 4.22. The van der Waals surface area contributed by atoms with Crippen molar-refractivity contribution in [3.63, 3.8) is 0 Å². The van der Waals surface area contributed by atoms with Crippen LogP contribution >= 0.6 is 0 Å². The topological polar surface area (TPSA) is 29.5 Å². The van der Waals surface area contributed by atoms with Crippen LogP contribution in [0.1, 0.15) is 45.7 Å². The molecule has 3 nitrogen and oxygen atoms in total. The summed E-state index contributed by atoms with van der Waals surface area (Å²) in [5.74, 6) is 0.725. The van der Waals surface area contributed by atoms with Crippen LogP contribution < -0.4 is 4.74 Å². The highest BCUT2D eigenvalue weighted by atomic mass is 16.5. The second kappa shape index (κ2) is 8.19. The maximum absolute atomic E-state index is 12.6. The predicted molar refractivity (Wildman–Crippen MR) is 103 cm³/mol. The van der Waals surface area contributed by atoms with Gasteiger partial charge in [0.25, 0.3) is 5.91 Å². The van der Waals surface area contributed by atoms with Gasteiger partial charge < -0.3 is 9.64 Å². The summed E-state index contributed by atoms with van der Waals surface area (Å²) in [6.07, 6.45) is 0. The van der Waals surface area contributed by atoms with Crippen LogP contribution in [0.2, 0.25) is 0 Å². The number of carbonyl (C=O) groups excluding carboxylic acids is 1. The average molecular weight is 339 g/mol. The van der Waals surface area contributed by atoms with Crippen molar-refractivity contribution in [3.05, 3.63) is 65.7 Å². The Kier molecular flexibility index (Phi) is 6.24. The van der Waals surface area contributed by atoms with Crippen molar-refractivity contribution in [2.75, 3.05) is 6.61 Å². The molecule has 0 N–H and O–H groups in total. The Morgan fingerprint density at radius 2 is 1.60 bits per heavy atom. The predicted octanol–water partition coefficient (Wildman–Crippen LogP) is 4.80. The summed E-state index contributed by atoms with van der Waals surface area (Å²) in [5.41, 5.74) is 2.48. The van der Waals surface area contributed by atoms with Crippen LogP contribution in [-0.4, -0.2) is 23.5 Å². The maximum Gasteiger partial charge on any atom is 0.261 e. The van der Waals surface area contributed by atoms with E-state index >= 15 is 0 Å². The van der Waals surface area contributed by atoms with Gasteiger partial charge in [0.05, 0.1) is 0 Å². The summed E-state index contributed by atoms with van der Waals surface area (Å²) in [7, 11) is 0. The van der Waals surface area contributed by atoms with Crippen LogP contribution in [0.25, 0.3) is 0 Å². The molecule has 2 aromatic rings. The van der Waals surface area contributed by atoms with E-state index in [-0.39, 0.29) is 24.0 Å². The number of benzene rings is 2. The summed E-state index contributed by atoms with van der Waals surface area (Å²) in [4.78, 5) is 14.4. The van der Waals surface area contributed by atoms with Crippen molar-refractivity contribution in [2.24, 2.45) is 0 Å². The van der Waals surface area contributed by atoms with Crippen molar-refractivity contribution in [1.29, 1.82) is 0 Å². The number of hydrogen-bond acceptors (Lipinski definition) is 2. The van der Waals surface area contributed by atoms with Gasteiger partial charge in [0.1, 0.15) is 5.75 Å². The van der Waals surface area contributed by atoms with Gasteiger partial charge in [0.15, 0.2) is 6.61 Å². The van der Waals surface area contributed by atoms with Crippen LogP contribution in [0.5, 0.6) is 5.75 Å². The van der Waals surface area contributed by atoms with Gasteiger partial charge in [0, 0.05) is 12.6 Å². The minimum Gasteiger partial charge on any atom is -0.484 e. The Bertz CT molecular complexity index is 669.